The molecule has 0 aliphatic carbocycles. The monoisotopic (exact) mass is 272 g/mol. The zero-order valence-corrected chi connectivity index (χ0v) is 12.1. The van der Waals surface area contributed by atoms with Gasteiger partial charge in [-0.1, -0.05) is 19.9 Å². The summed E-state index contributed by atoms with van der Waals surface area (Å²) in [4.78, 5) is 12.3. The largest absolute Gasteiger partial charge is 0.398 e. The summed E-state index contributed by atoms with van der Waals surface area (Å²) < 4.78 is 1.66. The molecule has 1 heterocycles. The number of nitrogens with zero attached hydrogens (tertiary/aromatic N) is 2. The summed E-state index contributed by atoms with van der Waals surface area (Å²) in [6, 6.07) is 5.60. The van der Waals surface area contributed by atoms with E-state index >= 15 is 0 Å². The molecule has 0 unspecified atom stereocenters. The maximum absolute atomic E-state index is 12.3. The van der Waals surface area contributed by atoms with E-state index in [1.807, 2.05) is 33.0 Å². The molecule has 2 rings (SSSR count). The number of carbonyl (C=O) groups is 1. The smallest absolute Gasteiger partial charge is 0.259 e. The normalized spacial score (nSPS) is 10.6. The molecule has 1 aromatic heterocycles. The second kappa shape index (κ2) is 5.77. The van der Waals surface area contributed by atoms with E-state index < -0.39 is 0 Å². The molecule has 2 aromatic rings. The van der Waals surface area contributed by atoms with Crippen molar-refractivity contribution < 1.29 is 4.79 Å². The molecular weight excluding hydrogens is 252 g/mol. The summed E-state index contributed by atoms with van der Waals surface area (Å²) in [5, 5.41) is 7.13. The SMILES string of the molecule is CCc1ccc(NC(=O)c2cn(C)nc2CC)cc1N. The third-order valence-corrected chi connectivity index (χ3v) is 3.27. The van der Waals surface area contributed by atoms with Gasteiger partial charge in [0.15, 0.2) is 0 Å². The molecule has 20 heavy (non-hydrogen) atoms. The van der Waals surface area contributed by atoms with Gasteiger partial charge in [0.1, 0.15) is 0 Å². The van der Waals surface area contributed by atoms with Crippen molar-refractivity contribution in [2.45, 2.75) is 26.7 Å². The highest BCUT2D eigenvalue weighted by molar-refractivity contribution is 6.05. The van der Waals surface area contributed by atoms with E-state index in [-0.39, 0.29) is 5.91 Å². The molecule has 3 N–H and O–H groups in total. The maximum atomic E-state index is 12.3. The molecule has 0 spiro atoms. The Morgan fingerprint density at radius 3 is 2.70 bits per heavy atom. The number of rotatable bonds is 4. The number of nitrogens with one attached hydrogen (secondary N) is 1. The van der Waals surface area contributed by atoms with Gasteiger partial charge in [0.25, 0.3) is 5.91 Å². The van der Waals surface area contributed by atoms with Gasteiger partial charge < -0.3 is 11.1 Å². The third kappa shape index (κ3) is 2.82. The van der Waals surface area contributed by atoms with Crippen LogP contribution >= 0.6 is 0 Å². The topological polar surface area (TPSA) is 72.9 Å². The summed E-state index contributed by atoms with van der Waals surface area (Å²) in [7, 11) is 1.81. The van der Waals surface area contributed by atoms with Crippen molar-refractivity contribution >= 4 is 17.3 Å². The average molecular weight is 272 g/mol. The van der Waals surface area contributed by atoms with E-state index in [1.54, 1.807) is 16.9 Å². The van der Waals surface area contributed by atoms with E-state index in [2.05, 4.69) is 10.4 Å². The minimum Gasteiger partial charge on any atom is -0.398 e. The lowest BCUT2D eigenvalue weighted by Crippen LogP contribution is -2.13. The number of nitrogen functional groups attached to an aromatic ring is 1. The molecule has 0 radical (unpaired) electrons. The van der Waals surface area contributed by atoms with Crippen LogP contribution in [0.15, 0.2) is 24.4 Å². The van der Waals surface area contributed by atoms with Crippen LogP contribution in [0.5, 0.6) is 0 Å². The fraction of sp³-hybridized carbons (Fsp3) is 0.333. The summed E-state index contributed by atoms with van der Waals surface area (Å²) in [6.45, 7) is 4.03. The van der Waals surface area contributed by atoms with Gasteiger partial charge in [-0.2, -0.15) is 5.10 Å². The van der Waals surface area contributed by atoms with Crippen LogP contribution < -0.4 is 11.1 Å². The van der Waals surface area contributed by atoms with Crippen LogP contribution in [0.1, 0.15) is 35.5 Å². The van der Waals surface area contributed by atoms with Gasteiger partial charge in [-0.05, 0) is 30.5 Å². The number of amides is 1. The van der Waals surface area contributed by atoms with Gasteiger partial charge in [0, 0.05) is 24.6 Å². The average Bonchev–Trinajstić information content (AvgIpc) is 2.80. The number of benzene rings is 1. The maximum Gasteiger partial charge on any atom is 0.259 e. The van der Waals surface area contributed by atoms with Crippen LogP contribution in [-0.2, 0) is 19.9 Å². The number of aryl methyl sites for hydroxylation is 3. The van der Waals surface area contributed by atoms with Gasteiger partial charge in [-0.25, -0.2) is 0 Å². The standard InChI is InChI=1S/C15H20N4O/c1-4-10-6-7-11(8-13(10)16)17-15(20)12-9-19(3)18-14(12)5-2/h6-9H,4-5,16H2,1-3H3,(H,17,20). The van der Waals surface area contributed by atoms with Gasteiger partial charge in [0.05, 0.1) is 11.3 Å². The number of carbonyl (C=O) groups excluding carboxylic acids is 1. The number of anilines is 2. The highest BCUT2D eigenvalue weighted by atomic mass is 16.1. The lowest BCUT2D eigenvalue weighted by molar-refractivity contribution is 0.102. The number of hydrogen-bond donors (Lipinski definition) is 2. The first kappa shape index (κ1) is 14.1. The minimum absolute atomic E-state index is 0.154. The Bertz CT molecular complexity index is 631. The predicted octanol–water partition coefficient (Wildman–Crippen LogP) is 2.38. The van der Waals surface area contributed by atoms with Crippen molar-refractivity contribution in [2.75, 3.05) is 11.1 Å². The van der Waals surface area contributed by atoms with Gasteiger partial charge in [-0.15, -0.1) is 0 Å². The number of nitrogens with two attached hydrogens (primary N) is 1. The highest BCUT2D eigenvalue weighted by Crippen LogP contribution is 2.19. The summed E-state index contributed by atoms with van der Waals surface area (Å²) >= 11 is 0. The minimum atomic E-state index is -0.154. The first-order valence-electron chi connectivity index (χ1n) is 6.77. The summed E-state index contributed by atoms with van der Waals surface area (Å²) in [6.07, 6.45) is 3.33. The van der Waals surface area contributed by atoms with Crippen LogP contribution in [0.2, 0.25) is 0 Å². The molecule has 1 aromatic carbocycles. The van der Waals surface area contributed by atoms with E-state index in [0.29, 0.717) is 16.9 Å². The second-order valence-corrected chi connectivity index (χ2v) is 4.74. The van der Waals surface area contributed by atoms with Gasteiger partial charge in [0.2, 0.25) is 0 Å². The number of hydrogen-bond acceptors (Lipinski definition) is 3. The first-order valence-corrected chi connectivity index (χ1v) is 6.77. The fourth-order valence-corrected chi connectivity index (χ4v) is 2.18. The zero-order chi connectivity index (χ0) is 14.7. The Hall–Kier alpha value is -2.30. The van der Waals surface area contributed by atoms with E-state index in [9.17, 15) is 4.79 Å². The van der Waals surface area contributed by atoms with Crippen molar-refractivity contribution in [3.63, 3.8) is 0 Å². The molecule has 0 bridgehead atoms. The highest BCUT2D eigenvalue weighted by Gasteiger charge is 2.14. The quantitative estimate of drug-likeness (QED) is 0.839. The van der Waals surface area contributed by atoms with Crippen molar-refractivity contribution in [2.24, 2.45) is 7.05 Å². The zero-order valence-electron chi connectivity index (χ0n) is 12.1. The summed E-state index contributed by atoms with van der Waals surface area (Å²) in [5.41, 5.74) is 9.83. The Balaban J connectivity index is 2.21. The molecule has 5 nitrogen and oxygen atoms in total. The van der Waals surface area contributed by atoms with Crippen molar-refractivity contribution in [3.8, 4) is 0 Å². The molecule has 0 fully saturated rings. The van der Waals surface area contributed by atoms with Crippen molar-refractivity contribution in [1.29, 1.82) is 0 Å². The molecule has 0 aliphatic rings. The number of aromatic nitrogens is 2. The van der Waals surface area contributed by atoms with Crippen LogP contribution in [0.4, 0.5) is 11.4 Å². The van der Waals surface area contributed by atoms with Crippen LogP contribution in [-0.4, -0.2) is 15.7 Å². The molecule has 1 amide bonds. The fourth-order valence-electron chi connectivity index (χ4n) is 2.18. The van der Waals surface area contributed by atoms with Gasteiger partial charge >= 0.3 is 0 Å². The van der Waals surface area contributed by atoms with Crippen molar-refractivity contribution in [3.05, 3.63) is 41.2 Å². The molecule has 5 heteroatoms. The lowest BCUT2D eigenvalue weighted by Gasteiger charge is -2.08. The van der Waals surface area contributed by atoms with E-state index in [0.717, 1.165) is 24.1 Å². The van der Waals surface area contributed by atoms with Crippen LogP contribution in [0.25, 0.3) is 0 Å². The molecular formula is C15H20N4O. The van der Waals surface area contributed by atoms with Gasteiger partial charge in [-0.3, -0.25) is 9.48 Å². The third-order valence-electron chi connectivity index (χ3n) is 3.27. The Morgan fingerprint density at radius 2 is 2.10 bits per heavy atom. The Labute approximate surface area is 118 Å². The van der Waals surface area contributed by atoms with Crippen molar-refractivity contribution in [1.82, 2.24) is 9.78 Å². The van der Waals surface area contributed by atoms with E-state index in [4.69, 9.17) is 5.73 Å². The van der Waals surface area contributed by atoms with E-state index in [1.165, 1.54) is 0 Å². The summed E-state index contributed by atoms with van der Waals surface area (Å²) in [5.74, 6) is -0.154. The predicted molar refractivity (Wildman–Crippen MR) is 80.8 cm³/mol. The Morgan fingerprint density at radius 1 is 1.35 bits per heavy atom. The van der Waals surface area contributed by atoms with Crippen LogP contribution in [0, 0.1) is 0 Å². The molecule has 106 valence electrons. The molecule has 0 saturated carbocycles. The lowest BCUT2D eigenvalue weighted by atomic mass is 10.1. The molecule has 0 aliphatic heterocycles. The molecule has 0 saturated heterocycles. The Kier molecular flexibility index (Phi) is 4.08. The van der Waals surface area contributed by atoms with Crippen LogP contribution in [0.3, 0.4) is 0 Å². The second-order valence-electron chi connectivity index (χ2n) is 4.74. The first-order chi connectivity index (χ1) is 9.55. The molecule has 0 atom stereocenters.